The van der Waals surface area contributed by atoms with E-state index in [0.29, 0.717) is 24.7 Å². The predicted molar refractivity (Wildman–Crippen MR) is 102 cm³/mol. The molecular weight excluding hydrogens is 332 g/mol. The molecule has 0 saturated carbocycles. The molecule has 1 heterocycles. The Labute approximate surface area is 153 Å². The molecule has 3 rings (SSSR count). The highest BCUT2D eigenvalue weighted by molar-refractivity contribution is 6.30. The van der Waals surface area contributed by atoms with Crippen molar-refractivity contribution in [2.24, 2.45) is 0 Å². The van der Waals surface area contributed by atoms with Crippen LogP contribution in [0.3, 0.4) is 0 Å². The van der Waals surface area contributed by atoms with Crippen LogP contribution in [0.15, 0.2) is 66.9 Å². The maximum Gasteiger partial charge on any atom is 0.124 e. The molecule has 2 aromatic carbocycles. The van der Waals surface area contributed by atoms with Crippen LogP contribution in [0.1, 0.15) is 22.4 Å². The second-order valence-electron chi connectivity index (χ2n) is 5.95. The number of nitrogens with zero attached hydrogens (tertiary/aromatic N) is 1. The lowest BCUT2D eigenvalue weighted by Crippen LogP contribution is -2.14. The van der Waals surface area contributed by atoms with E-state index < -0.39 is 0 Å². The summed E-state index contributed by atoms with van der Waals surface area (Å²) in [5, 5.41) is 4.10. The Kier molecular flexibility index (Phi) is 6.04. The van der Waals surface area contributed by atoms with Crippen molar-refractivity contribution in [3.63, 3.8) is 0 Å². The van der Waals surface area contributed by atoms with Crippen molar-refractivity contribution in [3.8, 4) is 5.75 Å². The first-order valence-corrected chi connectivity index (χ1v) is 8.66. The molecule has 3 nitrogen and oxygen atoms in total. The van der Waals surface area contributed by atoms with Gasteiger partial charge in [-0.3, -0.25) is 4.98 Å². The van der Waals surface area contributed by atoms with Crippen LogP contribution in [-0.4, -0.2) is 4.98 Å². The molecule has 0 saturated heterocycles. The molecule has 0 fully saturated rings. The van der Waals surface area contributed by atoms with E-state index in [1.54, 1.807) is 6.20 Å². The maximum atomic E-state index is 6.16. The van der Waals surface area contributed by atoms with E-state index >= 15 is 0 Å². The molecule has 0 radical (unpaired) electrons. The van der Waals surface area contributed by atoms with Crippen LogP contribution in [0.25, 0.3) is 0 Å². The lowest BCUT2D eigenvalue weighted by Gasteiger charge is -2.13. The van der Waals surface area contributed by atoms with E-state index in [2.05, 4.69) is 35.4 Å². The lowest BCUT2D eigenvalue weighted by atomic mass is 10.1. The van der Waals surface area contributed by atoms with Crippen molar-refractivity contribution in [2.45, 2.75) is 26.6 Å². The molecule has 0 bridgehead atoms. The SMILES string of the molecule is Cc1cccc(COc2ccc(Cl)cc2CNCc2ccccn2)c1. The standard InChI is InChI=1S/C21H21ClN2O/c1-16-5-4-6-17(11-16)15-25-21-9-8-19(22)12-18(21)13-23-14-20-7-2-3-10-24-20/h2-12,23H,13-15H2,1H3. The van der Waals surface area contributed by atoms with Gasteiger partial charge in [0.25, 0.3) is 0 Å². The fraction of sp³-hybridized carbons (Fsp3) is 0.190. The Morgan fingerprint density at radius 3 is 2.72 bits per heavy atom. The zero-order valence-corrected chi connectivity index (χ0v) is 15.0. The number of halogens is 1. The fourth-order valence-electron chi connectivity index (χ4n) is 2.62. The summed E-state index contributed by atoms with van der Waals surface area (Å²) in [6, 6.07) is 20.0. The van der Waals surface area contributed by atoms with Gasteiger partial charge in [-0.25, -0.2) is 0 Å². The highest BCUT2D eigenvalue weighted by atomic mass is 35.5. The van der Waals surface area contributed by atoms with Crippen LogP contribution in [0, 0.1) is 6.92 Å². The summed E-state index contributed by atoms with van der Waals surface area (Å²) in [6.45, 7) is 3.99. The van der Waals surface area contributed by atoms with Crippen molar-refractivity contribution in [2.75, 3.05) is 0 Å². The van der Waals surface area contributed by atoms with Crippen LogP contribution in [-0.2, 0) is 19.7 Å². The number of rotatable bonds is 7. The molecule has 4 heteroatoms. The second kappa shape index (κ2) is 8.65. The summed E-state index contributed by atoms with van der Waals surface area (Å²) in [7, 11) is 0. The molecule has 0 atom stereocenters. The van der Waals surface area contributed by atoms with Crippen LogP contribution in [0.5, 0.6) is 5.75 Å². The lowest BCUT2D eigenvalue weighted by molar-refractivity contribution is 0.302. The van der Waals surface area contributed by atoms with Crippen LogP contribution in [0.2, 0.25) is 5.02 Å². The first kappa shape index (κ1) is 17.5. The van der Waals surface area contributed by atoms with Crippen molar-refractivity contribution in [1.29, 1.82) is 0 Å². The maximum absolute atomic E-state index is 6.16. The molecule has 0 aliphatic heterocycles. The predicted octanol–water partition coefficient (Wildman–Crippen LogP) is 4.91. The highest BCUT2D eigenvalue weighted by Crippen LogP contribution is 2.24. The molecule has 25 heavy (non-hydrogen) atoms. The molecule has 1 aromatic heterocycles. The van der Waals surface area contributed by atoms with E-state index in [9.17, 15) is 0 Å². The number of aryl methyl sites for hydroxylation is 1. The summed E-state index contributed by atoms with van der Waals surface area (Å²) in [6.07, 6.45) is 1.80. The highest BCUT2D eigenvalue weighted by Gasteiger charge is 2.06. The van der Waals surface area contributed by atoms with Gasteiger partial charge < -0.3 is 10.1 Å². The van der Waals surface area contributed by atoms with Gasteiger partial charge in [-0.2, -0.15) is 0 Å². The van der Waals surface area contributed by atoms with Gasteiger partial charge in [-0.1, -0.05) is 47.5 Å². The Balaban J connectivity index is 1.63. The number of nitrogens with one attached hydrogen (secondary N) is 1. The van der Waals surface area contributed by atoms with Gasteiger partial charge in [0.05, 0.1) is 5.69 Å². The number of ether oxygens (including phenoxy) is 1. The average molecular weight is 353 g/mol. The molecular formula is C21H21ClN2O. The topological polar surface area (TPSA) is 34.1 Å². The molecule has 0 aliphatic carbocycles. The van der Waals surface area contributed by atoms with Gasteiger partial charge in [-0.05, 0) is 42.8 Å². The van der Waals surface area contributed by atoms with Crippen molar-refractivity contribution in [3.05, 3.63) is 94.3 Å². The van der Waals surface area contributed by atoms with E-state index in [1.807, 2.05) is 42.5 Å². The van der Waals surface area contributed by atoms with E-state index in [-0.39, 0.29) is 0 Å². The summed E-state index contributed by atoms with van der Waals surface area (Å²) in [5.41, 5.74) is 4.43. The summed E-state index contributed by atoms with van der Waals surface area (Å²) in [4.78, 5) is 4.31. The normalized spacial score (nSPS) is 10.6. The summed E-state index contributed by atoms with van der Waals surface area (Å²) >= 11 is 6.16. The summed E-state index contributed by atoms with van der Waals surface area (Å²) < 4.78 is 6.02. The van der Waals surface area contributed by atoms with Crippen LogP contribution < -0.4 is 10.1 Å². The Hall–Kier alpha value is -2.36. The molecule has 0 aliphatic rings. The van der Waals surface area contributed by atoms with Gasteiger partial charge >= 0.3 is 0 Å². The van der Waals surface area contributed by atoms with Gasteiger partial charge in [0.15, 0.2) is 0 Å². The van der Waals surface area contributed by atoms with E-state index in [4.69, 9.17) is 16.3 Å². The molecule has 3 aromatic rings. The first-order valence-electron chi connectivity index (χ1n) is 8.28. The smallest absolute Gasteiger partial charge is 0.124 e. The average Bonchev–Trinajstić information content (AvgIpc) is 2.62. The minimum Gasteiger partial charge on any atom is -0.489 e. The van der Waals surface area contributed by atoms with Gasteiger partial charge in [0.1, 0.15) is 12.4 Å². The van der Waals surface area contributed by atoms with E-state index in [1.165, 1.54) is 5.56 Å². The van der Waals surface area contributed by atoms with Crippen LogP contribution in [0.4, 0.5) is 0 Å². The van der Waals surface area contributed by atoms with E-state index in [0.717, 1.165) is 22.6 Å². The molecule has 0 unspecified atom stereocenters. The Morgan fingerprint density at radius 2 is 1.92 bits per heavy atom. The monoisotopic (exact) mass is 352 g/mol. The zero-order valence-electron chi connectivity index (χ0n) is 14.2. The van der Waals surface area contributed by atoms with Gasteiger partial charge in [-0.15, -0.1) is 0 Å². The molecule has 0 amide bonds. The molecule has 128 valence electrons. The van der Waals surface area contributed by atoms with Crippen molar-refractivity contribution in [1.82, 2.24) is 10.3 Å². The number of hydrogen-bond acceptors (Lipinski definition) is 3. The van der Waals surface area contributed by atoms with Crippen molar-refractivity contribution >= 4 is 11.6 Å². The quantitative estimate of drug-likeness (QED) is 0.655. The first-order chi connectivity index (χ1) is 12.2. The second-order valence-corrected chi connectivity index (χ2v) is 6.39. The largest absolute Gasteiger partial charge is 0.489 e. The summed E-state index contributed by atoms with van der Waals surface area (Å²) in [5.74, 6) is 0.847. The van der Waals surface area contributed by atoms with Gasteiger partial charge in [0.2, 0.25) is 0 Å². The minimum absolute atomic E-state index is 0.538. The number of aromatic nitrogens is 1. The Morgan fingerprint density at radius 1 is 1.00 bits per heavy atom. The molecule has 0 spiro atoms. The zero-order chi connectivity index (χ0) is 17.5. The van der Waals surface area contributed by atoms with Crippen molar-refractivity contribution < 1.29 is 4.74 Å². The number of pyridine rings is 1. The minimum atomic E-state index is 0.538. The fourth-order valence-corrected chi connectivity index (χ4v) is 2.81. The van der Waals surface area contributed by atoms with Crippen LogP contribution >= 0.6 is 11.6 Å². The molecule has 1 N–H and O–H groups in total. The third kappa shape index (κ3) is 5.31. The Bertz CT molecular complexity index is 821. The third-order valence-electron chi connectivity index (χ3n) is 3.85. The van der Waals surface area contributed by atoms with Gasteiger partial charge in [0, 0.05) is 29.9 Å². The third-order valence-corrected chi connectivity index (χ3v) is 4.08. The number of benzene rings is 2. The number of hydrogen-bond donors (Lipinski definition) is 1.